The molecule has 1 aliphatic heterocycles. The third-order valence-corrected chi connectivity index (χ3v) is 9.52. The lowest BCUT2D eigenvalue weighted by Gasteiger charge is -2.63. The minimum absolute atomic E-state index is 0.00336. The van der Waals surface area contributed by atoms with Crippen molar-refractivity contribution in [3.8, 4) is 0 Å². The van der Waals surface area contributed by atoms with Gasteiger partial charge in [0, 0.05) is 12.3 Å². The molecular weight excluding hydrogens is 312 g/mol. The van der Waals surface area contributed by atoms with Crippen LogP contribution in [0.3, 0.4) is 0 Å². The first kappa shape index (κ1) is 17.8. The predicted molar refractivity (Wildman–Crippen MR) is 97.9 cm³/mol. The SMILES string of the molecule is CC1(C)C(O)CCC2(C)C1CCC1(C)C2CCC1[C@]1(C)CCC(=O)O1. The number of aliphatic hydroxyl groups excluding tert-OH is 1. The van der Waals surface area contributed by atoms with Crippen molar-refractivity contribution in [3.05, 3.63) is 0 Å². The summed E-state index contributed by atoms with van der Waals surface area (Å²) in [6.45, 7) is 11.8. The monoisotopic (exact) mass is 348 g/mol. The second-order valence-corrected chi connectivity index (χ2v) is 10.9. The van der Waals surface area contributed by atoms with Crippen LogP contribution in [0.5, 0.6) is 0 Å². The van der Waals surface area contributed by atoms with E-state index in [4.69, 9.17) is 4.74 Å². The molecule has 1 N–H and O–H groups in total. The normalized spacial score (nSPS) is 54.7. The summed E-state index contributed by atoms with van der Waals surface area (Å²) in [4.78, 5) is 11.8. The average molecular weight is 349 g/mol. The van der Waals surface area contributed by atoms with E-state index in [1.54, 1.807) is 0 Å². The third-order valence-electron chi connectivity index (χ3n) is 9.52. The van der Waals surface area contributed by atoms with Crippen molar-refractivity contribution >= 4 is 5.97 Å². The molecule has 3 heteroatoms. The maximum absolute atomic E-state index is 11.8. The van der Waals surface area contributed by atoms with Crippen LogP contribution in [0.25, 0.3) is 0 Å². The molecule has 25 heavy (non-hydrogen) atoms. The van der Waals surface area contributed by atoms with Crippen molar-refractivity contribution in [3.63, 3.8) is 0 Å². The second-order valence-electron chi connectivity index (χ2n) is 10.9. The number of ether oxygens (including phenoxy) is 1. The van der Waals surface area contributed by atoms with Crippen LogP contribution in [0, 0.1) is 34.0 Å². The molecule has 0 spiro atoms. The van der Waals surface area contributed by atoms with Crippen LogP contribution in [-0.4, -0.2) is 22.8 Å². The molecule has 0 aromatic rings. The highest BCUT2D eigenvalue weighted by molar-refractivity contribution is 5.72. The molecule has 4 rings (SSSR count). The number of esters is 1. The highest BCUT2D eigenvalue weighted by atomic mass is 16.6. The molecule has 0 aromatic heterocycles. The lowest BCUT2D eigenvalue weighted by Crippen LogP contribution is -2.59. The van der Waals surface area contributed by atoms with Gasteiger partial charge < -0.3 is 9.84 Å². The lowest BCUT2D eigenvalue weighted by molar-refractivity contribution is -0.184. The predicted octanol–water partition coefficient (Wildman–Crippen LogP) is 4.71. The average Bonchev–Trinajstić information content (AvgIpc) is 3.05. The zero-order chi connectivity index (χ0) is 18.3. The van der Waals surface area contributed by atoms with Gasteiger partial charge in [-0.15, -0.1) is 0 Å². The molecule has 4 fully saturated rings. The number of rotatable bonds is 1. The van der Waals surface area contributed by atoms with Gasteiger partial charge in [-0.05, 0) is 80.0 Å². The van der Waals surface area contributed by atoms with Crippen molar-refractivity contribution < 1.29 is 14.6 Å². The Balaban J connectivity index is 1.68. The smallest absolute Gasteiger partial charge is 0.306 e. The van der Waals surface area contributed by atoms with Gasteiger partial charge in [-0.3, -0.25) is 4.79 Å². The molecule has 3 aliphatic carbocycles. The van der Waals surface area contributed by atoms with E-state index in [2.05, 4.69) is 34.6 Å². The second kappa shape index (κ2) is 5.24. The molecule has 3 nitrogen and oxygen atoms in total. The van der Waals surface area contributed by atoms with E-state index in [9.17, 15) is 9.90 Å². The zero-order valence-corrected chi connectivity index (χ0v) is 16.7. The molecule has 0 amide bonds. The van der Waals surface area contributed by atoms with Crippen LogP contribution in [0.2, 0.25) is 0 Å². The molecule has 1 heterocycles. The summed E-state index contributed by atoms with van der Waals surface area (Å²) in [5, 5.41) is 10.6. The van der Waals surface area contributed by atoms with E-state index in [0.717, 1.165) is 19.3 Å². The summed E-state index contributed by atoms with van der Waals surface area (Å²) in [5.41, 5.74) is 0.329. The molecule has 4 aliphatic rings. The Morgan fingerprint density at radius 1 is 0.840 bits per heavy atom. The first-order valence-electron chi connectivity index (χ1n) is 10.4. The molecule has 1 saturated heterocycles. The van der Waals surface area contributed by atoms with Crippen LogP contribution < -0.4 is 0 Å². The van der Waals surface area contributed by atoms with E-state index < -0.39 is 0 Å². The first-order chi connectivity index (χ1) is 11.5. The van der Waals surface area contributed by atoms with Gasteiger partial charge in [-0.1, -0.05) is 27.7 Å². The number of fused-ring (bicyclic) bond motifs is 3. The fourth-order valence-electron chi connectivity index (χ4n) is 8.28. The quantitative estimate of drug-likeness (QED) is 0.698. The maximum atomic E-state index is 11.8. The van der Waals surface area contributed by atoms with E-state index in [0.29, 0.717) is 29.6 Å². The van der Waals surface area contributed by atoms with Crippen molar-refractivity contribution in [2.45, 2.75) is 97.7 Å². The van der Waals surface area contributed by atoms with Crippen molar-refractivity contribution in [2.75, 3.05) is 0 Å². The van der Waals surface area contributed by atoms with Gasteiger partial charge in [0.1, 0.15) is 5.60 Å². The molecule has 142 valence electrons. The highest BCUT2D eigenvalue weighted by Gasteiger charge is 2.66. The Kier molecular flexibility index (Phi) is 3.74. The summed E-state index contributed by atoms with van der Waals surface area (Å²) < 4.78 is 5.89. The topological polar surface area (TPSA) is 46.5 Å². The summed E-state index contributed by atoms with van der Waals surface area (Å²) in [7, 11) is 0. The zero-order valence-electron chi connectivity index (χ0n) is 16.7. The highest BCUT2D eigenvalue weighted by Crippen LogP contribution is 2.71. The number of carbonyl (C=O) groups is 1. The molecule has 0 radical (unpaired) electrons. The molecule has 0 aromatic carbocycles. The maximum Gasteiger partial charge on any atom is 0.306 e. The largest absolute Gasteiger partial charge is 0.459 e. The van der Waals surface area contributed by atoms with Crippen LogP contribution in [0.4, 0.5) is 0 Å². The number of hydrogen-bond donors (Lipinski definition) is 1. The standard InChI is InChI=1S/C22H36O3/c1-19(2)14-8-11-21(4)15(20(14,3)12-9-17(19)23)6-7-16(21)22(5)13-10-18(24)25-22/h14-17,23H,6-13H2,1-5H3/t14?,15?,16?,17?,20?,21?,22-/m0/s1. The van der Waals surface area contributed by atoms with Crippen LogP contribution in [0.1, 0.15) is 86.0 Å². The molecule has 6 unspecified atom stereocenters. The van der Waals surface area contributed by atoms with Gasteiger partial charge in [0.2, 0.25) is 0 Å². The van der Waals surface area contributed by atoms with Crippen molar-refractivity contribution in [1.82, 2.24) is 0 Å². The van der Waals surface area contributed by atoms with E-state index in [1.165, 1.54) is 25.7 Å². The number of cyclic esters (lactones) is 1. The Bertz CT molecular complexity index is 584. The number of aliphatic hydroxyl groups is 1. The lowest BCUT2D eigenvalue weighted by atomic mass is 9.42. The molecule has 3 saturated carbocycles. The Labute approximate surface area is 152 Å². The molecule has 0 bridgehead atoms. The Morgan fingerprint density at radius 3 is 2.08 bits per heavy atom. The Morgan fingerprint density at radius 2 is 1.44 bits per heavy atom. The number of hydrogen-bond acceptors (Lipinski definition) is 3. The van der Waals surface area contributed by atoms with E-state index in [1.807, 2.05) is 0 Å². The van der Waals surface area contributed by atoms with Gasteiger partial charge >= 0.3 is 5.97 Å². The Hall–Kier alpha value is -0.570. The van der Waals surface area contributed by atoms with Crippen molar-refractivity contribution in [1.29, 1.82) is 0 Å². The van der Waals surface area contributed by atoms with Crippen LogP contribution >= 0.6 is 0 Å². The van der Waals surface area contributed by atoms with Crippen LogP contribution in [-0.2, 0) is 9.53 Å². The minimum atomic E-state index is -0.256. The molecule has 7 atom stereocenters. The third kappa shape index (κ3) is 2.23. The van der Waals surface area contributed by atoms with Crippen LogP contribution in [0.15, 0.2) is 0 Å². The van der Waals surface area contributed by atoms with E-state index >= 15 is 0 Å². The summed E-state index contributed by atoms with van der Waals surface area (Å²) >= 11 is 0. The van der Waals surface area contributed by atoms with Crippen molar-refractivity contribution in [2.24, 2.45) is 34.0 Å². The van der Waals surface area contributed by atoms with Gasteiger partial charge in [-0.25, -0.2) is 0 Å². The van der Waals surface area contributed by atoms with Gasteiger partial charge in [0.25, 0.3) is 0 Å². The first-order valence-corrected chi connectivity index (χ1v) is 10.4. The van der Waals surface area contributed by atoms with Gasteiger partial charge in [-0.2, -0.15) is 0 Å². The van der Waals surface area contributed by atoms with Gasteiger partial charge in [0.15, 0.2) is 0 Å². The van der Waals surface area contributed by atoms with Gasteiger partial charge in [0.05, 0.1) is 6.10 Å². The fraction of sp³-hybridized carbons (Fsp3) is 0.955. The summed E-state index contributed by atoms with van der Waals surface area (Å²) in [5.74, 6) is 1.77. The summed E-state index contributed by atoms with van der Waals surface area (Å²) in [6, 6.07) is 0. The number of carbonyl (C=O) groups excluding carboxylic acids is 1. The van der Waals surface area contributed by atoms with E-state index in [-0.39, 0.29) is 28.5 Å². The fourth-order valence-corrected chi connectivity index (χ4v) is 8.28. The minimum Gasteiger partial charge on any atom is -0.459 e. The molecular formula is C22H36O3. The summed E-state index contributed by atoms with van der Waals surface area (Å²) in [6.07, 6.45) is 8.26.